The van der Waals surface area contributed by atoms with E-state index in [0.717, 1.165) is 22.7 Å². The van der Waals surface area contributed by atoms with E-state index in [1.807, 2.05) is 0 Å². The van der Waals surface area contributed by atoms with Crippen molar-refractivity contribution in [2.75, 3.05) is 4.90 Å². The Balaban J connectivity index is 1.16. The molecule has 2 nitrogen and oxygen atoms in total. The third kappa shape index (κ3) is 4.57. The molecule has 242 valence electrons. The summed E-state index contributed by atoms with van der Waals surface area (Å²) in [4.78, 5) is 2.40. The van der Waals surface area contributed by atoms with E-state index in [9.17, 15) is 0 Å². The lowest BCUT2D eigenvalue weighted by molar-refractivity contribution is 0.660. The van der Waals surface area contributed by atoms with Crippen molar-refractivity contribution in [2.24, 2.45) is 0 Å². The predicted octanol–water partition coefficient (Wildman–Crippen LogP) is 13.4. The summed E-state index contributed by atoms with van der Waals surface area (Å²) < 4.78 is 2.39. The average Bonchev–Trinajstić information content (AvgIpc) is 3.64. The molecule has 0 radical (unpaired) electrons. The maximum absolute atomic E-state index is 2.40. The molecule has 0 unspecified atom stereocenters. The third-order valence-corrected chi connectivity index (χ3v) is 11.0. The Kier molecular flexibility index (Phi) is 6.56. The van der Waals surface area contributed by atoms with Crippen LogP contribution in [0.4, 0.5) is 17.1 Å². The molecular weight excluding hydrogens is 617 g/mol. The van der Waals surface area contributed by atoms with Crippen molar-refractivity contribution < 1.29 is 0 Å². The fraction of sp³-hybridized carbons (Fsp3) is 0.0612. The Morgan fingerprint density at radius 3 is 1.92 bits per heavy atom. The summed E-state index contributed by atoms with van der Waals surface area (Å²) >= 11 is 0. The van der Waals surface area contributed by atoms with Gasteiger partial charge in [-0.1, -0.05) is 141 Å². The van der Waals surface area contributed by atoms with E-state index in [2.05, 4.69) is 205 Å². The fourth-order valence-electron chi connectivity index (χ4n) is 8.50. The van der Waals surface area contributed by atoms with Gasteiger partial charge in [-0.2, -0.15) is 0 Å². The van der Waals surface area contributed by atoms with Crippen molar-refractivity contribution in [1.29, 1.82) is 0 Å². The maximum Gasteiger partial charge on any atom is 0.0561 e. The largest absolute Gasteiger partial charge is 0.310 e. The molecule has 0 fully saturated rings. The van der Waals surface area contributed by atoms with Gasteiger partial charge >= 0.3 is 0 Å². The summed E-state index contributed by atoms with van der Waals surface area (Å²) in [6, 6.07) is 66.6. The molecule has 0 spiro atoms. The van der Waals surface area contributed by atoms with Gasteiger partial charge in [0, 0.05) is 38.9 Å². The zero-order chi connectivity index (χ0) is 34.1. The third-order valence-electron chi connectivity index (χ3n) is 11.0. The zero-order valence-corrected chi connectivity index (χ0v) is 28.7. The minimum atomic E-state index is -0.0321. The molecule has 1 aliphatic rings. The molecule has 51 heavy (non-hydrogen) atoms. The van der Waals surface area contributed by atoms with Crippen LogP contribution in [0, 0.1) is 0 Å². The molecule has 0 bridgehead atoms. The second-order valence-electron chi connectivity index (χ2n) is 14.2. The lowest BCUT2D eigenvalue weighted by Gasteiger charge is -2.26. The first kappa shape index (κ1) is 29.5. The molecule has 10 rings (SSSR count). The number of hydrogen-bond acceptors (Lipinski definition) is 1. The smallest absolute Gasteiger partial charge is 0.0561 e. The van der Waals surface area contributed by atoms with Gasteiger partial charge in [-0.25, -0.2) is 0 Å². The van der Waals surface area contributed by atoms with Crippen LogP contribution in [0.3, 0.4) is 0 Å². The first-order chi connectivity index (χ1) is 25.1. The SMILES string of the molecule is CC1(C)c2ccccc2-c2c(-c3ccc(N(c4ccc5ccccc5c4)c4ccc5c6ccccc6n(-c6ccccc6)c5c4)cc3)cccc21. The lowest BCUT2D eigenvalue weighted by atomic mass is 9.82. The Morgan fingerprint density at radius 2 is 1.06 bits per heavy atom. The molecule has 0 atom stereocenters. The van der Waals surface area contributed by atoms with E-state index < -0.39 is 0 Å². The number of para-hydroxylation sites is 2. The second-order valence-corrected chi connectivity index (χ2v) is 14.2. The summed E-state index contributed by atoms with van der Waals surface area (Å²) in [7, 11) is 0. The highest BCUT2D eigenvalue weighted by Gasteiger charge is 2.36. The van der Waals surface area contributed by atoms with Crippen molar-refractivity contribution in [1.82, 2.24) is 4.57 Å². The van der Waals surface area contributed by atoms with Crippen LogP contribution in [-0.4, -0.2) is 4.57 Å². The van der Waals surface area contributed by atoms with Crippen LogP contribution >= 0.6 is 0 Å². The fourth-order valence-corrected chi connectivity index (χ4v) is 8.50. The highest BCUT2D eigenvalue weighted by Crippen LogP contribution is 2.52. The number of aromatic nitrogens is 1. The first-order valence-electron chi connectivity index (χ1n) is 17.8. The van der Waals surface area contributed by atoms with Crippen LogP contribution in [-0.2, 0) is 5.41 Å². The molecule has 0 amide bonds. The Bertz CT molecular complexity index is 2770. The zero-order valence-electron chi connectivity index (χ0n) is 28.7. The van der Waals surface area contributed by atoms with E-state index in [4.69, 9.17) is 0 Å². The van der Waals surface area contributed by atoms with Crippen LogP contribution in [0.1, 0.15) is 25.0 Å². The summed E-state index contributed by atoms with van der Waals surface area (Å²) in [6.07, 6.45) is 0. The quantitative estimate of drug-likeness (QED) is 0.180. The molecule has 0 aliphatic heterocycles. The molecule has 9 aromatic rings. The number of rotatable bonds is 5. The minimum Gasteiger partial charge on any atom is -0.310 e. The van der Waals surface area contributed by atoms with E-state index in [1.54, 1.807) is 0 Å². The molecule has 0 saturated heterocycles. The summed E-state index contributed by atoms with van der Waals surface area (Å²) in [5.74, 6) is 0. The van der Waals surface area contributed by atoms with Gasteiger partial charge in [0.15, 0.2) is 0 Å². The van der Waals surface area contributed by atoms with Crippen LogP contribution in [0.5, 0.6) is 0 Å². The van der Waals surface area contributed by atoms with Crippen molar-refractivity contribution in [2.45, 2.75) is 19.3 Å². The number of hydrogen-bond donors (Lipinski definition) is 0. The van der Waals surface area contributed by atoms with Gasteiger partial charge in [-0.3, -0.25) is 0 Å². The van der Waals surface area contributed by atoms with E-state index in [0.29, 0.717) is 0 Å². The molecule has 0 N–H and O–H groups in total. The number of nitrogens with zero attached hydrogens (tertiary/aromatic N) is 2. The van der Waals surface area contributed by atoms with Gasteiger partial charge < -0.3 is 9.47 Å². The number of fused-ring (bicyclic) bond motifs is 7. The summed E-state index contributed by atoms with van der Waals surface area (Å²) in [5, 5.41) is 4.95. The van der Waals surface area contributed by atoms with Gasteiger partial charge in [0.25, 0.3) is 0 Å². The van der Waals surface area contributed by atoms with Gasteiger partial charge in [0.05, 0.1) is 11.0 Å². The standard InChI is InChI=1S/C49H36N2/c1-49(2)44-20-10-8-18-43(44)48-40(19-12-21-45(48)49)34-24-26-37(27-25-34)50(38-28-23-33-13-6-7-14-35(33)31-38)39-29-30-42-41-17-9-11-22-46(41)51(47(42)32-39)36-15-4-3-5-16-36/h3-32H,1-2H3. The average molecular weight is 653 g/mol. The van der Waals surface area contributed by atoms with Gasteiger partial charge in [0.2, 0.25) is 0 Å². The highest BCUT2D eigenvalue weighted by atomic mass is 15.1. The number of anilines is 3. The van der Waals surface area contributed by atoms with Gasteiger partial charge in [0.1, 0.15) is 0 Å². The molecule has 1 heterocycles. The normalized spacial score (nSPS) is 13.1. The molecule has 1 aromatic heterocycles. The molecule has 1 aliphatic carbocycles. The topological polar surface area (TPSA) is 8.17 Å². The van der Waals surface area contributed by atoms with Crippen molar-refractivity contribution >= 4 is 49.6 Å². The van der Waals surface area contributed by atoms with E-state index in [-0.39, 0.29) is 5.41 Å². The van der Waals surface area contributed by atoms with Crippen LogP contribution < -0.4 is 4.90 Å². The Hall–Kier alpha value is -6.38. The second kappa shape index (κ2) is 11.3. The molecule has 0 saturated carbocycles. The first-order valence-corrected chi connectivity index (χ1v) is 17.8. The van der Waals surface area contributed by atoms with Crippen molar-refractivity contribution in [3.63, 3.8) is 0 Å². The highest BCUT2D eigenvalue weighted by molar-refractivity contribution is 6.10. The van der Waals surface area contributed by atoms with Crippen LogP contribution in [0.15, 0.2) is 182 Å². The van der Waals surface area contributed by atoms with Gasteiger partial charge in [-0.15, -0.1) is 0 Å². The lowest BCUT2D eigenvalue weighted by Crippen LogP contribution is -2.14. The molecule has 8 aromatic carbocycles. The predicted molar refractivity (Wildman–Crippen MR) is 216 cm³/mol. The monoisotopic (exact) mass is 652 g/mol. The molecular formula is C49H36N2. The number of benzene rings is 8. The Morgan fingerprint density at radius 1 is 0.431 bits per heavy atom. The maximum atomic E-state index is 2.40. The summed E-state index contributed by atoms with van der Waals surface area (Å²) in [5.41, 5.74) is 14.9. The summed E-state index contributed by atoms with van der Waals surface area (Å²) in [6.45, 7) is 4.69. The van der Waals surface area contributed by atoms with E-state index in [1.165, 1.54) is 66.0 Å². The van der Waals surface area contributed by atoms with Crippen LogP contribution in [0.2, 0.25) is 0 Å². The van der Waals surface area contributed by atoms with Crippen molar-refractivity contribution in [3.05, 3.63) is 193 Å². The molecule has 2 heteroatoms. The minimum absolute atomic E-state index is 0.0321. The van der Waals surface area contributed by atoms with Crippen LogP contribution in [0.25, 0.3) is 60.5 Å². The van der Waals surface area contributed by atoms with Gasteiger partial charge in [-0.05, 0) is 98.8 Å². The van der Waals surface area contributed by atoms with E-state index >= 15 is 0 Å². The van der Waals surface area contributed by atoms with Crippen molar-refractivity contribution in [3.8, 4) is 27.9 Å². The Labute approximate surface area is 298 Å².